The Hall–Kier alpha value is -1.06. The van der Waals surface area contributed by atoms with Gasteiger partial charge in [0.2, 0.25) is 5.91 Å². The lowest BCUT2D eigenvalue weighted by Gasteiger charge is -2.26. The summed E-state index contributed by atoms with van der Waals surface area (Å²) in [4.78, 5) is 22.8. The maximum Gasteiger partial charge on any atom is 0.311 e. The average molecular weight is 227 g/mol. The van der Waals surface area contributed by atoms with Crippen LogP contribution in [0.1, 0.15) is 40.0 Å². The third-order valence-electron chi connectivity index (χ3n) is 3.85. The summed E-state index contributed by atoms with van der Waals surface area (Å²) in [6.07, 6.45) is 2.02. The first-order chi connectivity index (χ1) is 7.46. The van der Waals surface area contributed by atoms with Crippen molar-refractivity contribution in [2.24, 2.45) is 17.3 Å². The molecule has 0 radical (unpaired) electrons. The fourth-order valence-electron chi connectivity index (χ4n) is 1.95. The lowest BCUT2D eigenvalue weighted by molar-refractivity contribution is -0.149. The Morgan fingerprint density at radius 2 is 1.88 bits per heavy atom. The van der Waals surface area contributed by atoms with Crippen LogP contribution in [-0.4, -0.2) is 23.5 Å². The summed E-state index contributed by atoms with van der Waals surface area (Å²) in [5, 5.41) is 12.0. The highest BCUT2D eigenvalue weighted by Crippen LogP contribution is 2.38. The van der Waals surface area contributed by atoms with Crippen LogP contribution in [0.2, 0.25) is 0 Å². The molecule has 1 rings (SSSR count). The number of aliphatic carboxylic acids is 1. The molecule has 92 valence electrons. The van der Waals surface area contributed by atoms with Gasteiger partial charge in [-0.2, -0.15) is 0 Å². The van der Waals surface area contributed by atoms with Crippen molar-refractivity contribution >= 4 is 11.9 Å². The quantitative estimate of drug-likeness (QED) is 0.725. The molecule has 16 heavy (non-hydrogen) atoms. The van der Waals surface area contributed by atoms with Gasteiger partial charge in [0.25, 0.3) is 0 Å². The van der Waals surface area contributed by atoms with Crippen molar-refractivity contribution in [3.05, 3.63) is 0 Å². The van der Waals surface area contributed by atoms with Crippen molar-refractivity contribution in [3.63, 3.8) is 0 Å². The molecule has 4 heteroatoms. The van der Waals surface area contributed by atoms with E-state index in [0.29, 0.717) is 18.8 Å². The van der Waals surface area contributed by atoms with E-state index < -0.39 is 11.4 Å². The molecular formula is C12H21NO3. The zero-order valence-corrected chi connectivity index (χ0v) is 10.2. The van der Waals surface area contributed by atoms with E-state index in [-0.39, 0.29) is 18.4 Å². The van der Waals surface area contributed by atoms with Crippen LogP contribution >= 0.6 is 0 Å². The maximum atomic E-state index is 11.6. The molecule has 0 heterocycles. The highest BCUT2D eigenvalue weighted by molar-refractivity contribution is 5.82. The van der Waals surface area contributed by atoms with Crippen LogP contribution in [0.15, 0.2) is 0 Å². The van der Waals surface area contributed by atoms with E-state index in [1.54, 1.807) is 0 Å². The molecule has 2 N–H and O–H groups in total. The molecule has 1 aliphatic rings. The summed E-state index contributed by atoms with van der Waals surface area (Å²) < 4.78 is 0. The van der Waals surface area contributed by atoms with Crippen molar-refractivity contribution < 1.29 is 14.7 Å². The molecule has 0 aromatic heterocycles. The van der Waals surface area contributed by atoms with Crippen molar-refractivity contribution in [2.45, 2.75) is 40.0 Å². The number of nitrogens with one attached hydrogen (secondary N) is 1. The summed E-state index contributed by atoms with van der Waals surface area (Å²) >= 11 is 0. The summed E-state index contributed by atoms with van der Waals surface area (Å²) in [7, 11) is 0. The molecular weight excluding hydrogens is 206 g/mol. The van der Waals surface area contributed by atoms with Gasteiger partial charge in [0.15, 0.2) is 0 Å². The van der Waals surface area contributed by atoms with Gasteiger partial charge in [-0.25, -0.2) is 0 Å². The highest BCUT2D eigenvalue weighted by atomic mass is 16.4. The highest BCUT2D eigenvalue weighted by Gasteiger charge is 2.41. The standard InChI is InChI=1S/C12H21NO3/c1-4-12(5-2,11(15)16)7-13-10(14)9-6-8(9)3/h8-9H,4-7H2,1-3H3,(H,13,14)(H,15,16). The lowest BCUT2D eigenvalue weighted by Crippen LogP contribution is -2.43. The summed E-state index contributed by atoms with van der Waals surface area (Å²) in [5.74, 6) is -0.232. The molecule has 0 saturated heterocycles. The number of carboxylic acid groups (broad SMARTS) is 1. The Morgan fingerprint density at radius 3 is 2.19 bits per heavy atom. The second kappa shape index (κ2) is 4.85. The predicted octanol–water partition coefficient (Wildman–Crippen LogP) is 1.65. The smallest absolute Gasteiger partial charge is 0.311 e. The topological polar surface area (TPSA) is 66.4 Å². The minimum atomic E-state index is -0.818. The largest absolute Gasteiger partial charge is 0.481 e. The molecule has 1 aliphatic carbocycles. The van der Waals surface area contributed by atoms with Crippen molar-refractivity contribution in [1.82, 2.24) is 5.32 Å². The van der Waals surface area contributed by atoms with Gasteiger partial charge in [0, 0.05) is 12.5 Å². The van der Waals surface area contributed by atoms with Crippen molar-refractivity contribution in [1.29, 1.82) is 0 Å². The number of carbonyl (C=O) groups is 2. The molecule has 0 aromatic rings. The van der Waals surface area contributed by atoms with Gasteiger partial charge in [-0.3, -0.25) is 9.59 Å². The van der Waals surface area contributed by atoms with E-state index in [2.05, 4.69) is 5.32 Å². The van der Waals surface area contributed by atoms with E-state index in [0.717, 1.165) is 6.42 Å². The van der Waals surface area contributed by atoms with Gasteiger partial charge in [0.05, 0.1) is 5.41 Å². The fraction of sp³-hybridized carbons (Fsp3) is 0.833. The Kier molecular flexibility index (Phi) is 3.94. The Bertz CT molecular complexity index is 284. The van der Waals surface area contributed by atoms with Gasteiger partial charge in [-0.1, -0.05) is 20.8 Å². The van der Waals surface area contributed by atoms with Gasteiger partial charge < -0.3 is 10.4 Å². The van der Waals surface area contributed by atoms with Gasteiger partial charge in [-0.05, 0) is 25.2 Å². The summed E-state index contributed by atoms with van der Waals surface area (Å²) in [6, 6.07) is 0. The molecule has 0 bridgehead atoms. The summed E-state index contributed by atoms with van der Waals surface area (Å²) in [5.41, 5.74) is -0.798. The monoisotopic (exact) mass is 227 g/mol. The zero-order chi connectivity index (χ0) is 12.3. The minimum Gasteiger partial charge on any atom is -0.481 e. The van der Waals surface area contributed by atoms with Crippen LogP contribution in [-0.2, 0) is 9.59 Å². The first kappa shape index (κ1) is 13.0. The number of hydrogen-bond donors (Lipinski definition) is 2. The molecule has 1 saturated carbocycles. The van der Waals surface area contributed by atoms with E-state index in [1.165, 1.54) is 0 Å². The van der Waals surface area contributed by atoms with Crippen LogP contribution in [0.25, 0.3) is 0 Å². The van der Waals surface area contributed by atoms with Crippen LogP contribution < -0.4 is 5.32 Å². The van der Waals surface area contributed by atoms with Gasteiger partial charge in [-0.15, -0.1) is 0 Å². The number of amides is 1. The van der Waals surface area contributed by atoms with E-state index in [9.17, 15) is 14.7 Å². The van der Waals surface area contributed by atoms with Crippen LogP contribution in [0.4, 0.5) is 0 Å². The Balaban J connectivity index is 2.50. The second-order valence-corrected chi connectivity index (χ2v) is 4.83. The molecule has 4 nitrogen and oxygen atoms in total. The zero-order valence-electron chi connectivity index (χ0n) is 10.2. The molecule has 1 fully saturated rings. The Labute approximate surface area is 96.4 Å². The number of rotatable bonds is 6. The summed E-state index contributed by atoms with van der Waals surface area (Å²) in [6.45, 7) is 5.98. The number of carbonyl (C=O) groups excluding carboxylic acids is 1. The third kappa shape index (κ3) is 2.54. The third-order valence-corrected chi connectivity index (χ3v) is 3.85. The van der Waals surface area contributed by atoms with Crippen LogP contribution in [0.5, 0.6) is 0 Å². The van der Waals surface area contributed by atoms with E-state index >= 15 is 0 Å². The molecule has 2 atom stereocenters. The predicted molar refractivity (Wildman–Crippen MR) is 60.9 cm³/mol. The molecule has 2 unspecified atom stereocenters. The molecule has 0 aromatic carbocycles. The second-order valence-electron chi connectivity index (χ2n) is 4.83. The van der Waals surface area contributed by atoms with Crippen molar-refractivity contribution in [2.75, 3.05) is 6.54 Å². The SMILES string of the molecule is CCC(CC)(CNC(=O)C1CC1C)C(=O)O. The molecule has 0 aliphatic heterocycles. The van der Waals surface area contributed by atoms with Gasteiger partial charge >= 0.3 is 5.97 Å². The maximum absolute atomic E-state index is 11.6. The number of carboxylic acids is 1. The first-order valence-corrected chi connectivity index (χ1v) is 5.98. The minimum absolute atomic E-state index is 0.0139. The average Bonchev–Trinajstić information content (AvgIpc) is 2.97. The molecule has 1 amide bonds. The van der Waals surface area contributed by atoms with Crippen LogP contribution in [0.3, 0.4) is 0 Å². The molecule has 0 spiro atoms. The van der Waals surface area contributed by atoms with E-state index in [1.807, 2.05) is 20.8 Å². The fourth-order valence-corrected chi connectivity index (χ4v) is 1.95. The van der Waals surface area contributed by atoms with Gasteiger partial charge in [0.1, 0.15) is 0 Å². The lowest BCUT2D eigenvalue weighted by atomic mass is 9.82. The van der Waals surface area contributed by atoms with Crippen molar-refractivity contribution in [3.8, 4) is 0 Å². The Morgan fingerprint density at radius 1 is 1.38 bits per heavy atom. The van der Waals surface area contributed by atoms with E-state index in [4.69, 9.17) is 0 Å². The number of hydrogen-bond acceptors (Lipinski definition) is 2. The normalized spacial score (nSPS) is 23.9. The first-order valence-electron chi connectivity index (χ1n) is 5.98. The van der Waals surface area contributed by atoms with Crippen LogP contribution in [0, 0.1) is 17.3 Å².